The molecule has 0 aliphatic rings. The van der Waals surface area contributed by atoms with E-state index in [1.807, 2.05) is 26.1 Å². The van der Waals surface area contributed by atoms with E-state index < -0.39 is 0 Å². The summed E-state index contributed by atoms with van der Waals surface area (Å²) < 4.78 is 5.16. The van der Waals surface area contributed by atoms with Crippen LogP contribution in [-0.4, -0.2) is 32.8 Å². The Kier molecular flexibility index (Phi) is 5.93. The fourth-order valence-corrected chi connectivity index (χ4v) is 2.26. The summed E-state index contributed by atoms with van der Waals surface area (Å²) in [4.78, 5) is 2.13. The van der Waals surface area contributed by atoms with Gasteiger partial charge in [-0.1, -0.05) is 17.7 Å². The predicted molar refractivity (Wildman–Crippen MR) is 78.5 cm³/mol. The van der Waals surface area contributed by atoms with Crippen molar-refractivity contribution in [1.82, 2.24) is 0 Å². The van der Waals surface area contributed by atoms with Crippen LogP contribution in [0.4, 0.5) is 5.69 Å². The van der Waals surface area contributed by atoms with Crippen LogP contribution in [0.15, 0.2) is 18.2 Å². The van der Waals surface area contributed by atoms with Crippen molar-refractivity contribution < 1.29 is 4.74 Å². The second kappa shape index (κ2) is 6.98. The second-order valence-corrected chi connectivity index (χ2v) is 5.29. The molecule has 0 aromatic heterocycles. The van der Waals surface area contributed by atoms with E-state index in [1.54, 1.807) is 7.11 Å². The van der Waals surface area contributed by atoms with Crippen LogP contribution >= 0.6 is 11.6 Å². The van der Waals surface area contributed by atoms with Gasteiger partial charge >= 0.3 is 0 Å². The predicted octanol–water partition coefficient (Wildman–Crippen LogP) is 2.70. The number of nitrogens with two attached hydrogens (primary N) is 1. The van der Waals surface area contributed by atoms with Crippen molar-refractivity contribution in [3.63, 3.8) is 0 Å². The lowest BCUT2D eigenvalue weighted by Crippen LogP contribution is -2.32. The number of hydrogen-bond donors (Lipinski definition) is 1. The Morgan fingerprint density at radius 3 is 2.56 bits per heavy atom. The van der Waals surface area contributed by atoms with Crippen LogP contribution in [0.25, 0.3) is 0 Å². The van der Waals surface area contributed by atoms with Gasteiger partial charge in [-0.2, -0.15) is 0 Å². The average molecular weight is 271 g/mol. The van der Waals surface area contributed by atoms with E-state index in [1.165, 1.54) is 5.56 Å². The summed E-state index contributed by atoms with van der Waals surface area (Å²) in [5, 5.41) is 0.763. The van der Waals surface area contributed by atoms with Crippen molar-refractivity contribution in [2.24, 2.45) is 5.73 Å². The second-order valence-electron chi connectivity index (χ2n) is 4.88. The van der Waals surface area contributed by atoms with Gasteiger partial charge in [-0.25, -0.2) is 0 Å². The molecule has 0 saturated carbocycles. The molecule has 0 spiro atoms. The molecule has 0 radical (unpaired) electrons. The zero-order valence-electron chi connectivity index (χ0n) is 11.6. The number of benzene rings is 1. The fourth-order valence-electron chi connectivity index (χ4n) is 1.93. The van der Waals surface area contributed by atoms with Crippen molar-refractivity contribution >= 4 is 17.3 Å². The molecule has 102 valence electrons. The first-order valence-corrected chi connectivity index (χ1v) is 6.59. The molecule has 0 fully saturated rings. The fraction of sp³-hybridized carbons (Fsp3) is 0.571. The van der Waals surface area contributed by atoms with Crippen LogP contribution in [0.5, 0.6) is 0 Å². The molecule has 1 rings (SSSR count). The number of methoxy groups -OCH3 is 1. The van der Waals surface area contributed by atoms with Crippen LogP contribution < -0.4 is 10.6 Å². The van der Waals surface area contributed by atoms with Gasteiger partial charge in [0.2, 0.25) is 0 Å². The van der Waals surface area contributed by atoms with Gasteiger partial charge in [0, 0.05) is 26.2 Å². The zero-order valence-corrected chi connectivity index (χ0v) is 12.4. The molecular formula is C14H23ClN2O. The number of rotatable bonds is 6. The van der Waals surface area contributed by atoms with Gasteiger partial charge < -0.3 is 15.4 Å². The van der Waals surface area contributed by atoms with Gasteiger partial charge in [0.25, 0.3) is 0 Å². The quantitative estimate of drug-likeness (QED) is 0.864. The van der Waals surface area contributed by atoms with E-state index in [2.05, 4.69) is 17.9 Å². The minimum absolute atomic E-state index is 0.150. The Balaban J connectivity index is 2.84. The summed E-state index contributed by atoms with van der Waals surface area (Å²) in [5.41, 5.74) is 7.99. The van der Waals surface area contributed by atoms with Gasteiger partial charge in [0.05, 0.1) is 17.3 Å². The van der Waals surface area contributed by atoms with E-state index in [4.69, 9.17) is 22.1 Å². The Morgan fingerprint density at radius 1 is 1.39 bits per heavy atom. The van der Waals surface area contributed by atoms with Gasteiger partial charge in [0.15, 0.2) is 0 Å². The Labute approximate surface area is 115 Å². The van der Waals surface area contributed by atoms with Crippen LogP contribution in [0.2, 0.25) is 5.02 Å². The molecule has 0 aliphatic carbocycles. The highest BCUT2D eigenvalue weighted by atomic mass is 35.5. The maximum absolute atomic E-state index is 6.33. The number of ether oxygens (including phenoxy) is 1. The first-order chi connectivity index (χ1) is 8.45. The standard InChI is InChI=1S/C14H23ClN2O/c1-10(16)7-12-5-6-14(13(15)8-12)17(3)11(2)9-18-4/h5-6,8,10-11H,7,9,16H2,1-4H3. The third-order valence-electron chi connectivity index (χ3n) is 3.02. The summed E-state index contributed by atoms with van der Waals surface area (Å²) >= 11 is 6.33. The average Bonchev–Trinajstić information content (AvgIpc) is 2.28. The van der Waals surface area contributed by atoms with Crippen LogP contribution in [-0.2, 0) is 11.2 Å². The van der Waals surface area contributed by atoms with Gasteiger partial charge in [-0.3, -0.25) is 0 Å². The molecule has 3 nitrogen and oxygen atoms in total. The molecular weight excluding hydrogens is 248 g/mol. The number of likely N-dealkylation sites (N-methyl/N-ethyl adjacent to an activating group) is 1. The molecule has 2 atom stereocenters. The molecule has 1 aromatic rings. The van der Waals surface area contributed by atoms with Gasteiger partial charge in [-0.05, 0) is 38.0 Å². The largest absolute Gasteiger partial charge is 0.383 e. The van der Waals surface area contributed by atoms with Crippen molar-refractivity contribution in [3.05, 3.63) is 28.8 Å². The summed E-state index contributed by atoms with van der Waals surface area (Å²) in [6.45, 7) is 4.78. The highest BCUT2D eigenvalue weighted by molar-refractivity contribution is 6.33. The SMILES string of the molecule is COCC(C)N(C)c1ccc(CC(C)N)cc1Cl. The Morgan fingerprint density at radius 2 is 2.06 bits per heavy atom. The molecule has 0 amide bonds. The van der Waals surface area contributed by atoms with Crippen molar-refractivity contribution in [3.8, 4) is 0 Å². The third-order valence-corrected chi connectivity index (χ3v) is 3.32. The summed E-state index contributed by atoms with van der Waals surface area (Å²) in [7, 11) is 3.73. The molecule has 0 bridgehead atoms. The molecule has 0 saturated heterocycles. The number of halogens is 1. The molecule has 0 heterocycles. The smallest absolute Gasteiger partial charge is 0.0663 e. The van der Waals surface area contributed by atoms with Crippen LogP contribution in [0.3, 0.4) is 0 Å². The number of hydrogen-bond acceptors (Lipinski definition) is 3. The number of anilines is 1. The minimum Gasteiger partial charge on any atom is -0.383 e. The summed E-state index contributed by atoms with van der Waals surface area (Å²) in [6.07, 6.45) is 0.845. The molecule has 2 N–H and O–H groups in total. The van der Waals surface area contributed by atoms with Crippen LogP contribution in [0.1, 0.15) is 19.4 Å². The van der Waals surface area contributed by atoms with Crippen molar-refractivity contribution in [2.45, 2.75) is 32.4 Å². The molecule has 1 aromatic carbocycles. The maximum atomic E-state index is 6.33. The lowest BCUT2D eigenvalue weighted by Gasteiger charge is -2.27. The molecule has 18 heavy (non-hydrogen) atoms. The third kappa shape index (κ3) is 4.16. The molecule has 2 unspecified atom stereocenters. The van der Waals surface area contributed by atoms with E-state index >= 15 is 0 Å². The monoisotopic (exact) mass is 270 g/mol. The number of nitrogens with zero attached hydrogens (tertiary/aromatic N) is 1. The van der Waals surface area contributed by atoms with Gasteiger partial charge in [-0.15, -0.1) is 0 Å². The van der Waals surface area contributed by atoms with E-state index in [-0.39, 0.29) is 12.1 Å². The first kappa shape index (κ1) is 15.3. The van der Waals surface area contributed by atoms with Crippen LogP contribution in [0, 0.1) is 0 Å². The summed E-state index contributed by atoms with van der Waals surface area (Å²) in [6, 6.07) is 6.56. The van der Waals surface area contributed by atoms with Gasteiger partial charge in [0.1, 0.15) is 0 Å². The van der Waals surface area contributed by atoms with E-state index in [9.17, 15) is 0 Å². The highest BCUT2D eigenvalue weighted by Crippen LogP contribution is 2.27. The lowest BCUT2D eigenvalue weighted by molar-refractivity contribution is 0.183. The molecule has 0 aliphatic heterocycles. The minimum atomic E-state index is 0.150. The first-order valence-electron chi connectivity index (χ1n) is 6.21. The highest BCUT2D eigenvalue weighted by Gasteiger charge is 2.13. The summed E-state index contributed by atoms with van der Waals surface area (Å²) in [5.74, 6) is 0. The Hall–Kier alpha value is -0.770. The lowest BCUT2D eigenvalue weighted by atomic mass is 10.1. The molecule has 4 heteroatoms. The van der Waals surface area contributed by atoms with Crippen molar-refractivity contribution in [1.29, 1.82) is 0 Å². The van der Waals surface area contributed by atoms with Crippen molar-refractivity contribution in [2.75, 3.05) is 25.7 Å². The Bertz CT molecular complexity index is 382. The zero-order chi connectivity index (χ0) is 13.7. The van der Waals surface area contributed by atoms with E-state index in [0.717, 1.165) is 17.1 Å². The topological polar surface area (TPSA) is 38.5 Å². The van der Waals surface area contributed by atoms with E-state index in [0.29, 0.717) is 6.61 Å². The maximum Gasteiger partial charge on any atom is 0.0663 e. The normalized spacial score (nSPS) is 14.3.